The second kappa shape index (κ2) is 5.00. The van der Waals surface area contributed by atoms with E-state index in [1.165, 1.54) is 0 Å². The third-order valence-electron chi connectivity index (χ3n) is 3.00. The maximum absolute atomic E-state index is 11.0. The number of fused-ring (bicyclic) bond motifs is 1. The topological polar surface area (TPSA) is 42.0 Å². The number of carbonyl (C=O) groups excluding carboxylic acids is 1. The summed E-state index contributed by atoms with van der Waals surface area (Å²) >= 11 is 0. The van der Waals surface area contributed by atoms with E-state index in [0.29, 0.717) is 6.54 Å². The zero-order valence-corrected chi connectivity index (χ0v) is 11.9. The number of Topliss-reactive ketones (excluding diaryl/α,β-unsaturated/α-hetero) is 1. The summed E-state index contributed by atoms with van der Waals surface area (Å²) < 4.78 is 0. The van der Waals surface area contributed by atoms with Gasteiger partial charge in [-0.2, -0.15) is 0 Å². The maximum atomic E-state index is 11.0. The molecule has 0 aliphatic carbocycles. The highest BCUT2D eigenvalue weighted by Crippen LogP contribution is 2.24. The van der Waals surface area contributed by atoms with Gasteiger partial charge in [-0.25, -0.2) is 0 Å². The smallest absolute Gasteiger partial charge is 0.148 e. The molecule has 19 heavy (non-hydrogen) atoms. The molecule has 0 unspecified atom stereocenters. The van der Waals surface area contributed by atoms with Gasteiger partial charge in [0.15, 0.2) is 0 Å². The highest BCUT2D eigenvalue weighted by Gasteiger charge is 2.15. The van der Waals surface area contributed by atoms with Crippen LogP contribution in [0.15, 0.2) is 30.3 Å². The van der Waals surface area contributed by atoms with Crippen LogP contribution in [-0.4, -0.2) is 17.3 Å². The lowest BCUT2D eigenvalue weighted by Gasteiger charge is -2.18. The molecule has 0 saturated heterocycles. The standard InChI is InChI=1S/C16H20N2O/c1-11(19)10-17-13-6-7-14-12(9-13)5-8-15(18-14)16(2,3)4/h5-9,17H,10H2,1-4H3. The quantitative estimate of drug-likeness (QED) is 0.913. The molecule has 0 spiro atoms. The molecule has 0 radical (unpaired) electrons. The minimum absolute atomic E-state index is 0.0553. The largest absolute Gasteiger partial charge is 0.378 e. The minimum atomic E-state index is 0.0553. The van der Waals surface area contributed by atoms with Crippen molar-refractivity contribution in [2.75, 3.05) is 11.9 Å². The average molecular weight is 256 g/mol. The fourth-order valence-corrected chi connectivity index (χ4v) is 1.88. The monoisotopic (exact) mass is 256 g/mol. The Morgan fingerprint density at radius 3 is 2.58 bits per heavy atom. The van der Waals surface area contributed by atoms with Gasteiger partial charge in [-0.3, -0.25) is 9.78 Å². The van der Waals surface area contributed by atoms with Crippen LogP contribution in [0, 0.1) is 0 Å². The SMILES string of the molecule is CC(=O)CNc1ccc2nc(C(C)(C)C)ccc2c1. The fraction of sp³-hybridized carbons (Fsp3) is 0.375. The van der Waals surface area contributed by atoms with Crippen molar-refractivity contribution >= 4 is 22.4 Å². The first-order chi connectivity index (χ1) is 8.86. The number of hydrogen-bond donors (Lipinski definition) is 1. The van der Waals surface area contributed by atoms with Gasteiger partial charge in [0.2, 0.25) is 0 Å². The van der Waals surface area contributed by atoms with Crippen LogP contribution in [-0.2, 0) is 10.2 Å². The third-order valence-corrected chi connectivity index (χ3v) is 3.00. The summed E-state index contributed by atoms with van der Waals surface area (Å²) in [5.41, 5.74) is 3.08. The number of rotatable bonds is 3. The van der Waals surface area contributed by atoms with Crippen molar-refractivity contribution in [1.82, 2.24) is 4.98 Å². The molecule has 0 aliphatic heterocycles. The number of ketones is 1. The van der Waals surface area contributed by atoms with Crippen molar-refractivity contribution in [1.29, 1.82) is 0 Å². The molecule has 100 valence electrons. The molecule has 3 heteroatoms. The van der Waals surface area contributed by atoms with Gasteiger partial charge in [0, 0.05) is 22.2 Å². The number of nitrogens with zero attached hydrogens (tertiary/aromatic N) is 1. The molecule has 0 aliphatic rings. The van der Waals surface area contributed by atoms with Crippen LogP contribution in [0.2, 0.25) is 0 Å². The van der Waals surface area contributed by atoms with Crippen molar-refractivity contribution in [2.24, 2.45) is 0 Å². The number of aromatic nitrogens is 1. The Hall–Kier alpha value is -1.90. The van der Waals surface area contributed by atoms with Crippen LogP contribution in [0.25, 0.3) is 10.9 Å². The molecule has 2 aromatic rings. The van der Waals surface area contributed by atoms with Crippen LogP contribution in [0.5, 0.6) is 0 Å². The van der Waals surface area contributed by atoms with E-state index in [0.717, 1.165) is 22.3 Å². The normalized spacial score (nSPS) is 11.6. The number of carbonyl (C=O) groups is 1. The summed E-state index contributed by atoms with van der Waals surface area (Å²) in [4.78, 5) is 15.6. The Kier molecular flexibility index (Phi) is 3.56. The lowest BCUT2D eigenvalue weighted by atomic mass is 9.91. The number of hydrogen-bond acceptors (Lipinski definition) is 3. The predicted octanol–water partition coefficient (Wildman–Crippen LogP) is 3.53. The number of benzene rings is 1. The van der Waals surface area contributed by atoms with Crippen LogP contribution < -0.4 is 5.32 Å². The Balaban J connectivity index is 2.32. The fourth-order valence-electron chi connectivity index (χ4n) is 1.88. The number of nitrogens with one attached hydrogen (secondary N) is 1. The molecule has 1 N–H and O–H groups in total. The van der Waals surface area contributed by atoms with E-state index < -0.39 is 0 Å². The Morgan fingerprint density at radius 2 is 1.95 bits per heavy atom. The summed E-state index contributed by atoms with van der Waals surface area (Å²) in [5.74, 6) is 0.126. The third kappa shape index (κ3) is 3.31. The van der Waals surface area contributed by atoms with Crippen LogP contribution >= 0.6 is 0 Å². The zero-order chi connectivity index (χ0) is 14.0. The summed E-state index contributed by atoms with van der Waals surface area (Å²) in [6, 6.07) is 10.1. The molecular formula is C16H20N2O. The summed E-state index contributed by atoms with van der Waals surface area (Å²) in [6.07, 6.45) is 0. The van der Waals surface area contributed by atoms with Crippen molar-refractivity contribution in [3.05, 3.63) is 36.0 Å². The Bertz CT molecular complexity index is 612. The van der Waals surface area contributed by atoms with Crippen LogP contribution in [0.1, 0.15) is 33.4 Å². The molecule has 0 saturated carbocycles. The first-order valence-electron chi connectivity index (χ1n) is 6.51. The van der Waals surface area contributed by atoms with Crippen molar-refractivity contribution in [3.8, 4) is 0 Å². The van der Waals surface area contributed by atoms with E-state index in [1.54, 1.807) is 6.92 Å². The number of pyridine rings is 1. The van der Waals surface area contributed by atoms with E-state index >= 15 is 0 Å². The Labute approximate surface area is 114 Å². The van der Waals surface area contributed by atoms with Crippen LogP contribution in [0.4, 0.5) is 5.69 Å². The van der Waals surface area contributed by atoms with E-state index in [-0.39, 0.29) is 11.2 Å². The van der Waals surface area contributed by atoms with Crippen molar-refractivity contribution in [3.63, 3.8) is 0 Å². The molecule has 2 rings (SSSR count). The maximum Gasteiger partial charge on any atom is 0.148 e. The molecule has 1 aromatic carbocycles. The van der Waals surface area contributed by atoms with Gasteiger partial charge in [0.1, 0.15) is 5.78 Å². The van der Waals surface area contributed by atoms with Crippen molar-refractivity contribution < 1.29 is 4.79 Å². The molecule has 1 aromatic heterocycles. The average Bonchev–Trinajstić information content (AvgIpc) is 2.34. The highest BCUT2D eigenvalue weighted by atomic mass is 16.1. The molecule has 0 fully saturated rings. The minimum Gasteiger partial charge on any atom is -0.378 e. The van der Waals surface area contributed by atoms with Gasteiger partial charge in [-0.1, -0.05) is 26.8 Å². The molecule has 0 amide bonds. The molecule has 0 atom stereocenters. The van der Waals surface area contributed by atoms with E-state index in [9.17, 15) is 4.79 Å². The zero-order valence-electron chi connectivity index (χ0n) is 11.9. The molecular weight excluding hydrogens is 236 g/mol. The van der Waals surface area contributed by atoms with Gasteiger partial charge >= 0.3 is 0 Å². The highest BCUT2D eigenvalue weighted by molar-refractivity contribution is 5.84. The van der Waals surface area contributed by atoms with Crippen molar-refractivity contribution in [2.45, 2.75) is 33.1 Å². The molecule has 0 bridgehead atoms. The summed E-state index contributed by atoms with van der Waals surface area (Å²) in [7, 11) is 0. The van der Waals surface area contributed by atoms with Gasteiger partial charge < -0.3 is 5.32 Å². The molecule has 3 nitrogen and oxygen atoms in total. The Morgan fingerprint density at radius 1 is 1.21 bits per heavy atom. The number of anilines is 1. The van der Waals surface area contributed by atoms with Gasteiger partial charge in [-0.15, -0.1) is 0 Å². The van der Waals surface area contributed by atoms with Gasteiger partial charge in [0.25, 0.3) is 0 Å². The van der Waals surface area contributed by atoms with E-state index in [2.05, 4.69) is 43.2 Å². The van der Waals surface area contributed by atoms with E-state index in [4.69, 9.17) is 0 Å². The predicted molar refractivity (Wildman–Crippen MR) is 79.6 cm³/mol. The summed E-state index contributed by atoms with van der Waals surface area (Å²) in [5, 5.41) is 4.19. The second-order valence-corrected chi connectivity index (χ2v) is 5.91. The van der Waals surface area contributed by atoms with E-state index in [1.807, 2.05) is 18.2 Å². The van der Waals surface area contributed by atoms with Gasteiger partial charge in [-0.05, 0) is 31.2 Å². The lowest BCUT2D eigenvalue weighted by Crippen LogP contribution is -2.13. The lowest BCUT2D eigenvalue weighted by molar-refractivity contribution is -0.115. The first-order valence-corrected chi connectivity index (χ1v) is 6.51. The second-order valence-electron chi connectivity index (χ2n) is 5.91. The van der Waals surface area contributed by atoms with Crippen LogP contribution in [0.3, 0.4) is 0 Å². The first kappa shape index (κ1) is 13.5. The summed E-state index contributed by atoms with van der Waals surface area (Å²) in [6.45, 7) is 8.40. The molecule has 1 heterocycles. The van der Waals surface area contributed by atoms with Gasteiger partial charge in [0.05, 0.1) is 12.1 Å².